The number of hydrogen-bond donors (Lipinski definition) is 3. The molecule has 0 saturated carbocycles. The number of hydrogen-bond acceptors (Lipinski definition) is 5. The molecule has 1 heterocycles. The molecule has 19 heavy (non-hydrogen) atoms. The van der Waals surface area contributed by atoms with Crippen molar-refractivity contribution in [2.45, 2.75) is 45.0 Å². The van der Waals surface area contributed by atoms with Gasteiger partial charge in [0.1, 0.15) is 6.04 Å². The summed E-state index contributed by atoms with van der Waals surface area (Å²) in [5.74, 6) is -1.25. The van der Waals surface area contributed by atoms with Gasteiger partial charge in [-0.3, -0.25) is 9.69 Å². The topological polar surface area (TPSA) is 82.0 Å². The van der Waals surface area contributed by atoms with Crippen LogP contribution in [0.25, 0.3) is 0 Å². The van der Waals surface area contributed by atoms with E-state index in [2.05, 4.69) is 5.32 Å². The van der Waals surface area contributed by atoms with Gasteiger partial charge >= 0.3 is 5.97 Å². The van der Waals surface area contributed by atoms with Crippen LogP contribution in [0.15, 0.2) is 0 Å². The maximum Gasteiger partial charge on any atom is 0.321 e. The van der Waals surface area contributed by atoms with Crippen LogP contribution in [0.3, 0.4) is 0 Å². The number of morpholine rings is 1. The Labute approximate surface area is 114 Å². The monoisotopic (exact) mass is 274 g/mol. The van der Waals surface area contributed by atoms with Gasteiger partial charge in [-0.05, 0) is 20.9 Å². The second kappa shape index (κ2) is 7.19. The highest BCUT2D eigenvalue weighted by Gasteiger charge is 2.39. The molecule has 0 aromatic carbocycles. The van der Waals surface area contributed by atoms with Crippen LogP contribution in [-0.2, 0) is 9.53 Å². The van der Waals surface area contributed by atoms with Crippen LogP contribution in [0.5, 0.6) is 0 Å². The van der Waals surface area contributed by atoms with Crippen molar-refractivity contribution in [3.8, 4) is 0 Å². The number of likely N-dealkylation sites (N-methyl/N-ethyl adjacent to an activating group) is 1. The molecule has 0 aliphatic carbocycles. The highest BCUT2D eigenvalue weighted by atomic mass is 16.5. The number of aliphatic hydroxyl groups is 1. The van der Waals surface area contributed by atoms with Crippen molar-refractivity contribution in [3.05, 3.63) is 0 Å². The van der Waals surface area contributed by atoms with Gasteiger partial charge in [-0.2, -0.15) is 0 Å². The standard InChI is InChI=1S/C13H26N2O4/c1-8-7-19-6-5-15(8)11(13(17)18)9(2)12(16)10(3)14-4/h8-12,14,16H,5-7H2,1-4H3,(H,17,18)/t8-,9-,10+,11?,12-/m1/s1. The van der Waals surface area contributed by atoms with E-state index in [1.165, 1.54) is 0 Å². The van der Waals surface area contributed by atoms with Crippen molar-refractivity contribution in [1.29, 1.82) is 0 Å². The van der Waals surface area contributed by atoms with E-state index < -0.39 is 18.1 Å². The van der Waals surface area contributed by atoms with E-state index in [1.54, 1.807) is 14.0 Å². The molecule has 0 aromatic rings. The van der Waals surface area contributed by atoms with Crippen molar-refractivity contribution >= 4 is 5.97 Å². The maximum atomic E-state index is 11.6. The van der Waals surface area contributed by atoms with Gasteiger partial charge in [0.15, 0.2) is 0 Å². The summed E-state index contributed by atoms with van der Waals surface area (Å²) >= 11 is 0. The molecule has 1 aliphatic rings. The Morgan fingerprint density at radius 3 is 2.58 bits per heavy atom. The smallest absolute Gasteiger partial charge is 0.321 e. The van der Waals surface area contributed by atoms with Gasteiger partial charge in [0.05, 0.1) is 19.3 Å². The first-order valence-electron chi connectivity index (χ1n) is 6.81. The van der Waals surface area contributed by atoms with Crippen molar-refractivity contribution in [1.82, 2.24) is 10.2 Å². The summed E-state index contributed by atoms with van der Waals surface area (Å²) < 4.78 is 5.34. The van der Waals surface area contributed by atoms with Crippen LogP contribution < -0.4 is 5.32 Å². The van der Waals surface area contributed by atoms with Gasteiger partial charge < -0.3 is 20.3 Å². The third-order valence-corrected chi connectivity index (χ3v) is 4.03. The van der Waals surface area contributed by atoms with E-state index in [-0.39, 0.29) is 18.0 Å². The number of nitrogens with zero attached hydrogens (tertiary/aromatic N) is 1. The zero-order valence-corrected chi connectivity index (χ0v) is 12.2. The van der Waals surface area contributed by atoms with Crippen LogP contribution in [-0.4, -0.2) is 72.1 Å². The predicted octanol–water partition coefficient (Wildman–Crippen LogP) is -0.235. The summed E-state index contributed by atoms with van der Waals surface area (Å²) in [4.78, 5) is 13.5. The third-order valence-electron chi connectivity index (χ3n) is 4.03. The molecule has 0 amide bonds. The molecule has 1 unspecified atom stereocenters. The van der Waals surface area contributed by atoms with E-state index in [4.69, 9.17) is 4.74 Å². The van der Waals surface area contributed by atoms with Gasteiger partial charge in [0, 0.05) is 24.5 Å². The highest BCUT2D eigenvalue weighted by Crippen LogP contribution is 2.22. The molecule has 6 nitrogen and oxygen atoms in total. The first-order chi connectivity index (χ1) is 8.90. The quantitative estimate of drug-likeness (QED) is 0.620. The van der Waals surface area contributed by atoms with Crippen molar-refractivity contribution < 1.29 is 19.7 Å². The molecule has 0 radical (unpaired) electrons. The molecule has 1 saturated heterocycles. The normalized spacial score (nSPS) is 27.5. The fourth-order valence-electron chi connectivity index (χ4n) is 2.63. The van der Waals surface area contributed by atoms with E-state index >= 15 is 0 Å². The lowest BCUT2D eigenvalue weighted by Crippen LogP contribution is -2.58. The highest BCUT2D eigenvalue weighted by molar-refractivity contribution is 5.74. The summed E-state index contributed by atoms with van der Waals surface area (Å²) in [6.45, 7) is 7.26. The first kappa shape index (κ1) is 16.4. The number of aliphatic hydroxyl groups excluding tert-OH is 1. The van der Waals surface area contributed by atoms with Gasteiger partial charge in [0.2, 0.25) is 0 Å². The number of ether oxygens (including phenoxy) is 1. The number of aliphatic carboxylic acids is 1. The van der Waals surface area contributed by atoms with Gasteiger partial charge in [-0.15, -0.1) is 0 Å². The Balaban J connectivity index is 2.84. The van der Waals surface area contributed by atoms with Crippen molar-refractivity contribution in [2.24, 2.45) is 5.92 Å². The maximum absolute atomic E-state index is 11.6. The van der Waals surface area contributed by atoms with Crippen LogP contribution >= 0.6 is 0 Å². The Morgan fingerprint density at radius 1 is 1.47 bits per heavy atom. The Morgan fingerprint density at radius 2 is 2.11 bits per heavy atom. The van der Waals surface area contributed by atoms with E-state index in [9.17, 15) is 15.0 Å². The second-order valence-electron chi connectivity index (χ2n) is 5.37. The van der Waals surface area contributed by atoms with Crippen molar-refractivity contribution in [3.63, 3.8) is 0 Å². The number of nitrogens with one attached hydrogen (secondary N) is 1. The van der Waals surface area contributed by atoms with Gasteiger partial charge in [0.25, 0.3) is 0 Å². The van der Waals surface area contributed by atoms with Crippen LogP contribution in [0.4, 0.5) is 0 Å². The zero-order valence-electron chi connectivity index (χ0n) is 12.2. The fraction of sp³-hybridized carbons (Fsp3) is 0.923. The number of rotatable bonds is 6. The molecule has 0 aromatic heterocycles. The molecule has 0 bridgehead atoms. The third kappa shape index (κ3) is 3.89. The van der Waals surface area contributed by atoms with Crippen LogP contribution in [0.2, 0.25) is 0 Å². The SMILES string of the molecule is CN[C@@H](C)[C@H](O)[C@H](C)C(C(=O)O)N1CCOC[C@H]1C. The van der Waals surface area contributed by atoms with E-state index in [0.29, 0.717) is 19.8 Å². The van der Waals surface area contributed by atoms with Crippen molar-refractivity contribution in [2.75, 3.05) is 26.8 Å². The molecule has 6 heteroatoms. The lowest BCUT2D eigenvalue weighted by molar-refractivity contribution is -0.152. The van der Waals surface area contributed by atoms with Crippen LogP contribution in [0.1, 0.15) is 20.8 Å². The molecule has 3 N–H and O–H groups in total. The van der Waals surface area contributed by atoms with Gasteiger partial charge in [-0.1, -0.05) is 6.92 Å². The molecule has 112 valence electrons. The number of carboxylic acid groups (broad SMARTS) is 1. The largest absolute Gasteiger partial charge is 0.480 e. The minimum atomic E-state index is -0.886. The second-order valence-corrected chi connectivity index (χ2v) is 5.37. The summed E-state index contributed by atoms with van der Waals surface area (Å²) in [5, 5.41) is 22.7. The lowest BCUT2D eigenvalue weighted by atomic mass is 9.89. The Kier molecular flexibility index (Phi) is 6.19. The predicted molar refractivity (Wildman–Crippen MR) is 72.1 cm³/mol. The fourth-order valence-corrected chi connectivity index (χ4v) is 2.63. The molecule has 0 spiro atoms. The minimum Gasteiger partial charge on any atom is -0.480 e. The number of carbonyl (C=O) groups is 1. The Hall–Kier alpha value is -0.690. The first-order valence-corrected chi connectivity index (χ1v) is 6.81. The summed E-state index contributed by atoms with van der Waals surface area (Å²) in [5.41, 5.74) is 0. The molecule has 1 fully saturated rings. The summed E-state index contributed by atoms with van der Waals surface area (Å²) in [7, 11) is 1.76. The average molecular weight is 274 g/mol. The molecular formula is C13H26N2O4. The molecular weight excluding hydrogens is 248 g/mol. The molecule has 5 atom stereocenters. The van der Waals surface area contributed by atoms with Gasteiger partial charge in [-0.25, -0.2) is 0 Å². The zero-order chi connectivity index (χ0) is 14.6. The summed E-state index contributed by atoms with van der Waals surface area (Å²) in [6, 6.07) is -0.785. The van der Waals surface area contributed by atoms with Crippen LogP contribution in [0, 0.1) is 5.92 Å². The van der Waals surface area contributed by atoms with E-state index in [1.807, 2.05) is 18.7 Å². The average Bonchev–Trinajstić information content (AvgIpc) is 2.38. The number of carboxylic acids is 1. The lowest BCUT2D eigenvalue weighted by Gasteiger charge is -2.41. The Bertz CT molecular complexity index is 300. The summed E-state index contributed by atoms with van der Waals surface area (Å²) in [6.07, 6.45) is -0.707. The van der Waals surface area contributed by atoms with E-state index in [0.717, 1.165) is 0 Å². The molecule has 1 aliphatic heterocycles. The minimum absolute atomic E-state index is 0.0504. The molecule has 1 rings (SSSR count).